The lowest BCUT2D eigenvalue weighted by Gasteiger charge is -2.18. The van der Waals surface area contributed by atoms with Crippen molar-refractivity contribution in [2.24, 2.45) is 0 Å². The maximum absolute atomic E-state index is 13.0. The van der Waals surface area contributed by atoms with Gasteiger partial charge in [0, 0.05) is 11.1 Å². The molecule has 0 fully saturated rings. The average Bonchev–Trinajstić information content (AvgIpc) is 3.37. The van der Waals surface area contributed by atoms with Gasteiger partial charge < -0.3 is 9.73 Å². The van der Waals surface area contributed by atoms with Gasteiger partial charge in [-0.2, -0.15) is 0 Å². The highest BCUT2D eigenvalue weighted by Gasteiger charge is 2.23. The van der Waals surface area contributed by atoms with Crippen LogP contribution in [0.4, 0.5) is 0 Å². The van der Waals surface area contributed by atoms with Gasteiger partial charge in [0.1, 0.15) is 5.69 Å². The Morgan fingerprint density at radius 3 is 2.59 bits per heavy atom. The number of nitrogens with one attached hydrogen (secondary N) is 1. The standard InChI is InChI=1S/C21H17N3O2S/c1-14-18(24-21(27-14)17-11-7-13-26-17)20(25)23-19(15-8-3-2-4-9-15)16-10-5-6-12-22-16/h2-13,19H,1H3,(H,23,25). The van der Waals surface area contributed by atoms with Crippen molar-refractivity contribution in [3.63, 3.8) is 0 Å². The Bertz CT molecular complexity index is 989. The minimum Gasteiger partial charge on any atom is -0.462 e. The summed E-state index contributed by atoms with van der Waals surface area (Å²) in [6.07, 6.45) is 3.32. The van der Waals surface area contributed by atoms with Crippen molar-refractivity contribution in [2.45, 2.75) is 13.0 Å². The Balaban J connectivity index is 1.65. The van der Waals surface area contributed by atoms with E-state index in [1.54, 1.807) is 18.5 Å². The fraction of sp³-hybridized carbons (Fsp3) is 0.0952. The lowest BCUT2D eigenvalue weighted by molar-refractivity contribution is 0.0937. The van der Waals surface area contributed by atoms with Crippen molar-refractivity contribution in [1.82, 2.24) is 15.3 Å². The van der Waals surface area contributed by atoms with E-state index in [0.717, 1.165) is 16.1 Å². The van der Waals surface area contributed by atoms with Gasteiger partial charge in [0.15, 0.2) is 10.8 Å². The maximum Gasteiger partial charge on any atom is 0.271 e. The first-order valence-electron chi connectivity index (χ1n) is 8.50. The van der Waals surface area contributed by atoms with Crippen LogP contribution in [-0.2, 0) is 0 Å². The molecular formula is C21H17N3O2S. The molecule has 0 spiro atoms. The van der Waals surface area contributed by atoms with Gasteiger partial charge in [-0.3, -0.25) is 9.78 Å². The molecule has 0 bridgehead atoms. The number of aryl methyl sites for hydroxylation is 1. The van der Waals surface area contributed by atoms with E-state index in [1.807, 2.05) is 61.5 Å². The number of hydrogen-bond acceptors (Lipinski definition) is 5. The van der Waals surface area contributed by atoms with Crippen LogP contribution < -0.4 is 5.32 Å². The lowest BCUT2D eigenvalue weighted by Crippen LogP contribution is -2.30. The summed E-state index contributed by atoms with van der Waals surface area (Å²) >= 11 is 1.44. The van der Waals surface area contributed by atoms with Crippen LogP contribution in [0.25, 0.3) is 10.8 Å². The summed E-state index contributed by atoms with van der Waals surface area (Å²) in [6.45, 7) is 1.89. The van der Waals surface area contributed by atoms with Gasteiger partial charge in [0.25, 0.3) is 5.91 Å². The Labute approximate surface area is 160 Å². The zero-order valence-electron chi connectivity index (χ0n) is 14.6. The number of rotatable bonds is 5. The summed E-state index contributed by atoms with van der Waals surface area (Å²) in [5.74, 6) is 0.424. The fourth-order valence-corrected chi connectivity index (χ4v) is 3.71. The molecule has 5 nitrogen and oxygen atoms in total. The third-order valence-electron chi connectivity index (χ3n) is 4.14. The molecule has 0 aliphatic heterocycles. The van der Waals surface area contributed by atoms with Gasteiger partial charge in [-0.05, 0) is 36.8 Å². The molecule has 1 aromatic carbocycles. The highest BCUT2D eigenvalue weighted by Crippen LogP contribution is 2.28. The zero-order valence-corrected chi connectivity index (χ0v) is 15.4. The number of pyridine rings is 1. The van der Waals surface area contributed by atoms with Crippen molar-refractivity contribution in [2.75, 3.05) is 0 Å². The van der Waals surface area contributed by atoms with Gasteiger partial charge in [-0.15, -0.1) is 11.3 Å². The SMILES string of the molecule is Cc1sc(-c2ccco2)nc1C(=O)NC(c1ccccc1)c1ccccn1. The predicted octanol–water partition coefficient (Wildman–Crippen LogP) is 4.63. The average molecular weight is 375 g/mol. The van der Waals surface area contributed by atoms with Crippen molar-refractivity contribution in [3.8, 4) is 10.8 Å². The first-order valence-corrected chi connectivity index (χ1v) is 9.32. The van der Waals surface area contributed by atoms with E-state index in [-0.39, 0.29) is 11.9 Å². The van der Waals surface area contributed by atoms with E-state index in [4.69, 9.17) is 4.42 Å². The third kappa shape index (κ3) is 3.66. The van der Waals surface area contributed by atoms with Crippen LogP contribution in [0.5, 0.6) is 0 Å². The molecule has 6 heteroatoms. The summed E-state index contributed by atoms with van der Waals surface area (Å²) in [4.78, 5) is 22.7. The summed E-state index contributed by atoms with van der Waals surface area (Å²) in [7, 11) is 0. The zero-order chi connectivity index (χ0) is 18.6. The molecule has 4 rings (SSSR count). The van der Waals surface area contributed by atoms with Crippen LogP contribution in [0.3, 0.4) is 0 Å². The lowest BCUT2D eigenvalue weighted by atomic mass is 10.0. The maximum atomic E-state index is 13.0. The van der Waals surface area contributed by atoms with Gasteiger partial charge in [0.2, 0.25) is 0 Å². The van der Waals surface area contributed by atoms with Gasteiger partial charge in [-0.1, -0.05) is 36.4 Å². The largest absolute Gasteiger partial charge is 0.462 e. The third-order valence-corrected chi connectivity index (χ3v) is 5.12. The van der Waals surface area contributed by atoms with E-state index in [1.165, 1.54) is 11.3 Å². The molecule has 1 N–H and O–H groups in total. The van der Waals surface area contributed by atoms with Crippen LogP contribution in [0, 0.1) is 6.92 Å². The smallest absolute Gasteiger partial charge is 0.271 e. The molecular weight excluding hydrogens is 358 g/mol. The molecule has 1 unspecified atom stereocenters. The number of thiazole rings is 1. The number of hydrogen-bond donors (Lipinski definition) is 1. The molecule has 0 aliphatic rings. The Morgan fingerprint density at radius 2 is 1.89 bits per heavy atom. The number of amides is 1. The van der Waals surface area contributed by atoms with Crippen molar-refractivity contribution >= 4 is 17.2 Å². The van der Waals surface area contributed by atoms with Crippen LogP contribution in [0.15, 0.2) is 77.5 Å². The summed E-state index contributed by atoms with van der Waals surface area (Å²) in [5.41, 5.74) is 2.14. The molecule has 134 valence electrons. The van der Waals surface area contributed by atoms with E-state index in [0.29, 0.717) is 16.5 Å². The number of carbonyl (C=O) groups is 1. The second kappa shape index (κ2) is 7.55. The minimum absolute atomic E-state index is 0.235. The summed E-state index contributed by atoms with van der Waals surface area (Å²) in [5, 5.41) is 3.77. The monoisotopic (exact) mass is 375 g/mol. The van der Waals surface area contributed by atoms with Crippen LogP contribution in [0.1, 0.15) is 32.7 Å². The first-order chi connectivity index (χ1) is 13.2. The Hall–Kier alpha value is -3.25. The molecule has 0 radical (unpaired) electrons. The summed E-state index contributed by atoms with van der Waals surface area (Å²) < 4.78 is 5.39. The highest BCUT2D eigenvalue weighted by atomic mass is 32.1. The van der Waals surface area contributed by atoms with E-state index >= 15 is 0 Å². The first kappa shape index (κ1) is 17.2. The van der Waals surface area contributed by atoms with Gasteiger partial charge in [-0.25, -0.2) is 4.98 Å². The molecule has 1 amide bonds. The van der Waals surface area contributed by atoms with Crippen molar-refractivity contribution < 1.29 is 9.21 Å². The molecule has 1 atom stereocenters. The normalized spacial score (nSPS) is 11.9. The minimum atomic E-state index is -0.354. The van der Waals surface area contributed by atoms with E-state index in [9.17, 15) is 4.79 Å². The Kier molecular flexibility index (Phi) is 4.80. The highest BCUT2D eigenvalue weighted by molar-refractivity contribution is 7.15. The second-order valence-corrected chi connectivity index (χ2v) is 7.18. The van der Waals surface area contributed by atoms with Crippen LogP contribution in [0.2, 0.25) is 0 Å². The molecule has 0 aliphatic carbocycles. The van der Waals surface area contributed by atoms with Gasteiger partial charge >= 0.3 is 0 Å². The molecule has 3 aromatic heterocycles. The number of aromatic nitrogens is 2. The fourth-order valence-electron chi connectivity index (χ4n) is 2.83. The molecule has 4 aromatic rings. The molecule has 27 heavy (non-hydrogen) atoms. The molecule has 0 saturated carbocycles. The quantitative estimate of drug-likeness (QED) is 0.552. The second-order valence-electron chi connectivity index (χ2n) is 5.97. The van der Waals surface area contributed by atoms with E-state index in [2.05, 4.69) is 15.3 Å². The number of carbonyl (C=O) groups excluding carboxylic acids is 1. The number of benzene rings is 1. The molecule has 0 saturated heterocycles. The summed E-state index contributed by atoms with van der Waals surface area (Å²) in [6, 6.07) is 18.7. The number of nitrogens with zero attached hydrogens (tertiary/aromatic N) is 2. The van der Waals surface area contributed by atoms with Crippen LogP contribution >= 0.6 is 11.3 Å². The van der Waals surface area contributed by atoms with Crippen LogP contribution in [-0.4, -0.2) is 15.9 Å². The predicted molar refractivity (Wildman–Crippen MR) is 105 cm³/mol. The van der Waals surface area contributed by atoms with Crippen molar-refractivity contribution in [1.29, 1.82) is 0 Å². The topological polar surface area (TPSA) is 68.0 Å². The van der Waals surface area contributed by atoms with Crippen molar-refractivity contribution in [3.05, 3.63) is 95.0 Å². The molecule has 3 heterocycles. The Morgan fingerprint density at radius 1 is 1.07 bits per heavy atom. The van der Waals surface area contributed by atoms with E-state index < -0.39 is 0 Å². The van der Waals surface area contributed by atoms with Gasteiger partial charge in [0.05, 0.1) is 18.0 Å². The number of furan rings is 1.